The van der Waals surface area contributed by atoms with E-state index >= 15 is 0 Å². The summed E-state index contributed by atoms with van der Waals surface area (Å²) in [5, 5.41) is 2.73. The number of rotatable bonds is 4. The number of halogens is 2. The standard InChI is InChI=1S/C18H16Cl2N4O/c1-11-7-9-13(10-8-11)15(25)24-18(16(19)20)17(21)22-14(23-18)12-5-3-2-4-6-12/h2-10,16H,1H3,(H,24,25)(H2,21,22,23)/t18-/m1/s1. The maximum atomic E-state index is 12.6. The van der Waals surface area contributed by atoms with Crippen molar-refractivity contribution in [1.29, 1.82) is 0 Å². The van der Waals surface area contributed by atoms with Gasteiger partial charge in [-0.3, -0.25) is 4.79 Å². The van der Waals surface area contributed by atoms with E-state index in [1.54, 1.807) is 12.1 Å². The third-order valence-electron chi connectivity index (χ3n) is 3.86. The van der Waals surface area contributed by atoms with Gasteiger partial charge in [0.2, 0.25) is 5.66 Å². The average molecular weight is 375 g/mol. The molecule has 0 unspecified atom stereocenters. The van der Waals surface area contributed by atoms with Crippen molar-refractivity contribution in [2.24, 2.45) is 15.7 Å². The van der Waals surface area contributed by atoms with E-state index in [1.807, 2.05) is 49.4 Å². The number of hydrogen-bond acceptors (Lipinski definition) is 4. The number of nitrogens with two attached hydrogens (primary N) is 1. The van der Waals surface area contributed by atoms with Crippen LogP contribution in [0.25, 0.3) is 0 Å². The summed E-state index contributed by atoms with van der Waals surface area (Å²) >= 11 is 12.3. The molecule has 0 saturated heterocycles. The lowest BCUT2D eigenvalue weighted by Gasteiger charge is -2.28. The molecule has 1 aliphatic rings. The van der Waals surface area contributed by atoms with Gasteiger partial charge in [0.05, 0.1) is 0 Å². The molecule has 1 heterocycles. The number of carbonyl (C=O) groups is 1. The highest BCUT2D eigenvalue weighted by molar-refractivity contribution is 6.47. The van der Waals surface area contributed by atoms with Gasteiger partial charge in [-0.2, -0.15) is 0 Å². The number of hydrogen-bond donors (Lipinski definition) is 2. The van der Waals surface area contributed by atoms with Crippen LogP contribution >= 0.6 is 23.2 Å². The lowest BCUT2D eigenvalue weighted by Crippen LogP contribution is -2.59. The minimum Gasteiger partial charge on any atom is -0.383 e. The molecule has 0 aliphatic carbocycles. The fourth-order valence-electron chi connectivity index (χ4n) is 2.42. The zero-order chi connectivity index (χ0) is 18.0. The second kappa shape index (κ2) is 6.86. The molecule has 2 aromatic rings. The molecule has 0 bridgehead atoms. The van der Waals surface area contributed by atoms with E-state index in [-0.39, 0.29) is 11.7 Å². The van der Waals surface area contributed by atoms with Gasteiger partial charge in [0, 0.05) is 11.1 Å². The predicted octanol–water partition coefficient (Wildman–Crippen LogP) is 3.04. The third-order valence-corrected chi connectivity index (χ3v) is 4.50. The summed E-state index contributed by atoms with van der Waals surface area (Å²) in [7, 11) is 0. The summed E-state index contributed by atoms with van der Waals surface area (Å²) in [6, 6.07) is 16.4. The van der Waals surface area contributed by atoms with Gasteiger partial charge in [0.15, 0.2) is 16.5 Å². The average Bonchev–Trinajstić information content (AvgIpc) is 2.94. The maximum Gasteiger partial charge on any atom is 0.253 e. The molecule has 128 valence electrons. The molecule has 5 nitrogen and oxygen atoms in total. The van der Waals surface area contributed by atoms with E-state index in [1.165, 1.54) is 0 Å². The lowest BCUT2D eigenvalue weighted by atomic mass is 10.1. The lowest BCUT2D eigenvalue weighted by molar-refractivity contribution is 0.0928. The van der Waals surface area contributed by atoms with Gasteiger partial charge in [-0.15, -0.1) is 0 Å². The van der Waals surface area contributed by atoms with Gasteiger partial charge in [-0.25, -0.2) is 9.98 Å². The first-order valence-electron chi connectivity index (χ1n) is 7.59. The summed E-state index contributed by atoms with van der Waals surface area (Å²) in [4.78, 5) is 20.2. The number of aryl methyl sites for hydroxylation is 1. The molecule has 3 N–H and O–H groups in total. The summed E-state index contributed by atoms with van der Waals surface area (Å²) < 4.78 is 0. The Hall–Kier alpha value is -2.37. The molecule has 0 aromatic heterocycles. The number of amidine groups is 2. The second-order valence-electron chi connectivity index (χ2n) is 5.69. The van der Waals surface area contributed by atoms with Crippen molar-refractivity contribution in [2.75, 3.05) is 0 Å². The fourth-order valence-corrected chi connectivity index (χ4v) is 2.85. The smallest absolute Gasteiger partial charge is 0.253 e. The fraction of sp³-hybridized carbons (Fsp3) is 0.167. The van der Waals surface area contributed by atoms with Crippen molar-refractivity contribution in [3.8, 4) is 0 Å². The predicted molar refractivity (Wildman–Crippen MR) is 101 cm³/mol. The molecule has 1 atom stereocenters. The number of amides is 1. The largest absolute Gasteiger partial charge is 0.383 e. The molecule has 3 rings (SSSR count). The van der Waals surface area contributed by atoms with Crippen LogP contribution in [-0.4, -0.2) is 28.1 Å². The number of benzene rings is 2. The Labute approximate surface area is 155 Å². The Morgan fingerprint density at radius 1 is 1.12 bits per heavy atom. The van der Waals surface area contributed by atoms with Crippen molar-refractivity contribution in [3.05, 3.63) is 71.3 Å². The molecular formula is C18H16Cl2N4O. The number of aliphatic imine (C=N–C) groups is 2. The monoisotopic (exact) mass is 374 g/mol. The molecule has 1 aliphatic heterocycles. The highest BCUT2D eigenvalue weighted by Gasteiger charge is 2.46. The first kappa shape index (κ1) is 17.5. The van der Waals surface area contributed by atoms with Crippen molar-refractivity contribution in [2.45, 2.75) is 17.4 Å². The summed E-state index contributed by atoms with van der Waals surface area (Å²) in [5.41, 5.74) is 6.80. The van der Waals surface area contributed by atoms with Gasteiger partial charge >= 0.3 is 0 Å². The molecule has 25 heavy (non-hydrogen) atoms. The van der Waals surface area contributed by atoms with Crippen LogP contribution < -0.4 is 11.1 Å². The van der Waals surface area contributed by atoms with Crippen LogP contribution in [0.3, 0.4) is 0 Å². The zero-order valence-electron chi connectivity index (χ0n) is 13.4. The molecule has 7 heteroatoms. The Bertz CT molecular complexity index is 847. The highest BCUT2D eigenvalue weighted by atomic mass is 35.5. The number of alkyl halides is 2. The van der Waals surface area contributed by atoms with Gasteiger partial charge in [-0.05, 0) is 19.1 Å². The molecule has 0 radical (unpaired) electrons. The first-order chi connectivity index (χ1) is 11.9. The van der Waals surface area contributed by atoms with Gasteiger partial charge < -0.3 is 11.1 Å². The quantitative estimate of drug-likeness (QED) is 0.806. The third kappa shape index (κ3) is 3.38. The Morgan fingerprint density at radius 3 is 2.36 bits per heavy atom. The van der Waals surface area contributed by atoms with Gasteiger partial charge in [-0.1, -0.05) is 71.2 Å². The second-order valence-corrected chi connectivity index (χ2v) is 6.78. The molecule has 1 amide bonds. The summed E-state index contributed by atoms with van der Waals surface area (Å²) in [6.45, 7) is 1.94. The van der Waals surface area contributed by atoms with Crippen molar-refractivity contribution in [3.63, 3.8) is 0 Å². The first-order valence-corrected chi connectivity index (χ1v) is 8.47. The van der Waals surface area contributed by atoms with Crippen LogP contribution in [0.4, 0.5) is 0 Å². The normalized spacial score (nSPS) is 19.5. The Kier molecular flexibility index (Phi) is 4.79. The van der Waals surface area contributed by atoms with Crippen LogP contribution in [0.1, 0.15) is 21.5 Å². The molecule has 0 saturated carbocycles. The van der Waals surface area contributed by atoms with E-state index in [2.05, 4.69) is 15.3 Å². The van der Waals surface area contributed by atoms with Gasteiger partial charge in [0.1, 0.15) is 0 Å². The zero-order valence-corrected chi connectivity index (χ0v) is 14.9. The van der Waals surface area contributed by atoms with Crippen molar-refractivity contribution in [1.82, 2.24) is 5.32 Å². The number of nitrogens with one attached hydrogen (secondary N) is 1. The van der Waals surface area contributed by atoms with E-state index in [4.69, 9.17) is 28.9 Å². The molecule has 0 fully saturated rings. The van der Waals surface area contributed by atoms with E-state index in [9.17, 15) is 4.79 Å². The number of nitrogens with zero attached hydrogens (tertiary/aromatic N) is 2. The SMILES string of the molecule is Cc1ccc(C(=O)N[C@@]2(C(Cl)Cl)N=C(c3ccccc3)N=C2N)cc1. The van der Waals surface area contributed by atoms with E-state index in [0.29, 0.717) is 11.4 Å². The van der Waals surface area contributed by atoms with Crippen LogP contribution in [0.2, 0.25) is 0 Å². The topological polar surface area (TPSA) is 79.8 Å². The van der Waals surface area contributed by atoms with Crippen molar-refractivity contribution >= 4 is 40.8 Å². The maximum absolute atomic E-state index is 12.6. The minimum absolute atomic E-state index is 0.0433. The highest BCUT2D eigenvalue weighted by Crippen LogP contribution is 2.28. The van der Waals surface area contributed by atoms with E-state index < -0.39 is 10.5 Å². The Morgan fingerprint density at radius 2 is 1.76 bits per heavy atom. The van der Waals surface area contributed by atoms with Gasteiger partial charge in [0.25, 0.3) is 5.91 Å². The summed E-state index contributed by atoms with van der Waals surface area (Å²) in [5.74, 6) is 0.0259. The van der Waals surface area contributed by atoms with Crippen LogP contribution in [-0.2, 0) is 0 Å². The Balaban J connectivity index is 1.95. The minimum atomic E-state index is -1.50. The molecular weight excluding hydrogens is 359 g/mol. The molecule has 2 aromatic carbocycles. The van der Waals surface area contributed by atoms with E-state index in [0.717, 1.165) is 11.1 Å². The number of carbonyl (C=O) groups excluding carboxylic acids is 1. The molecule has 0 spiro atoms. The van der Waals surface area contributed by atoms with Crippen molar-refractivity contribution < 1.29 is 4.79 Å². The van der Waals surface area contributed by atoms with Crippen LogP contribution in [0.15, 0.2) is 64.6 Å². The van der Waals surface area contributed by atoms with Crippen LogP contribution in [0, 0.1) is 6.92 Å². The van der Waals surface area contributed by atoms with Crippen LogP contribution in [0.5, 0.6) is 0 Å². The summed E-state index contributed by atoms with van der Waals surface area (Å²) in [6.07, 6.45) is 0.